The summed E-state index contributed by atoms with van der Waals surface area (Å²) in [4.78, 5) is 9.84. The third-order valence-corrected chi connectivity index (χ3v) is 9.09. The summed E-state index contributed by atoms with van der Waals surface area (Å²) in [5, 5.41) is 2.43. The standard InChI is InChI=1S/C36H27N3O2/c1-36(2)28-13-6-12-27-26-16-15-24(20-30(26)39(33(27)28)34-29(36)14-7-17-37-34)40-23-10-5-9-22(18-23)35-38-32-25-11-4-3-8-21(25)19-31(32)41-35/h3-18,20,31-32H,19H2,1-2H3/t31-,32+/m0/s1. The van der Waals surface area contributed by atoms with Crippen LogP contribution in [0.1, 0.15) is 47.7 Å². The number of para-hydroxylation sites is 1. The van der Waals surface area contributed by atoms with Crippen LogP contribution in [0, 0.1) is 0 Å². The molecule has 1 aliphatic carbocycles. The summed E-state index contributed by atoms with van der Waals surface area (Å²) in [7, 11) is 0. The lowest BCUT2D eigenvalue weighted by Gasteiger charge is -2.33. The third-order valence-electron chi connectivity index (χ3n) is 9.09. The van der Waals surface area contributed by atoms with Crippen LogP contribution < -0.4 is 4.74 Å². The van der Waals surface area contributed by atoms with Crippen LogP contribution in [-0.4, -0.2) is 21.6 Å². The van der Waals surface area contributed by atoms with E-state index in [0.717, 1.165) is 34.8 Å². The van der Waals surface area contributed by atoms with Crippen molar-refractivity contribution in [2.75, 3.05) is 0 Å². The number of hydrogen-bond donors (Lipinski definition) is 0. The van der Waals surface area contributed by atoms with Crippen molar-refractivity contribution in [3.05, 3.63) is 131 Å². The van der Waals surface area contributed by atoms with Gasteiger partial charge in [-0.25, -0.2) is 9.98 Å². The van der Waals surface area contributed by atoms with Crippen molar-refractivity contribution in [1.82, 2.24) is 9.55 Å². The van der Waals surface area contributed by atoms with E-state index in [0.29, 0.717) is 5.90 Å². The van der Waals surface area contributed by atoms with Gasteiger partial charge in [-0.15, -0.1) is 0 Å². The topological polar surface area (TPSA) is 48.6 Å². The molecule has 0 N–H and O–H groups in total. The molecule has 198 valence electrons. The number of aromatic nitrogens is 2. The Labute approximate surface area is 237 Å². The van der Waals surface area contributed by atoms with Gasteiger partial charge in [0.05, 0.1) is 11.0 Å². The van der Waals surface area contributed by atoms with Crippen LogP contribution in [0.5, 0.6) is 11.5 Å². The van der Waals surface area contributed by atoms with Gasteiger partial charge in [-0.2, -0.15) is 0 Å². The van der Waals surface area contributed by atoms with E-state index in [2.05, 4.69) is 85.1 Å². The minimum atomic E-state index is -0.140. The zero-order valence-electron chi connectivity index (χ0n) is 22.8. The summed E-state index contributed by atoms with van der Waals surface area (Å²) in [5.41, 5.74) is 8.26. The van der Waals surface area contributed by atoms with Crippen molar-refractivity contribution in [2.45, 2.75) is 37.8 Å². The Morgan fingerprint density at radius 3 is 2.63 bits per heavy atom. The molecule has 0 bridgehead atoms. The highest BCUT2D eigenvalue weighted by Gasteiger charge is 2.39. The summed E-state index contributed by atoms with van der Waals surface area (Å²) in [6, 6.07) is 33.8. The number of ether oxygens (including phenoxy) is 2. The second-order valence-corrected chi connectivity index (χ2v) is 11.8. The lowest BCUT2D eigenvalue weighted by molar-refractivity contribution is 0.206. The zero-order chi connectivity index (χ0) is 27.3. The third kappa shape index (κ3) is 3.17. The lowest BCUT2D eigenvalue weighted by atomic mass is 9.76. The molecular formula is C36H27N3O2. The Kier molecular flexibility index (Phi) is 4.50. The molecule has 0 amide bonds. The van der Waals surface area contributed by atoms with Crippen LogP contribution in [0.2, 0.25) is 0 Å². The van der Waals surface area contributed by atoms with Gasteiger partial charge in [-0.05, 0) is 53.1 Å². The normalized spacial score (nSPS) is 19.4. The maximum atomic E-state index is 6.47. The monoisotopic (exact) mass is 533 g/mol. The van der Waals surface area contributed by atoms with Gasteiger partial charge in [0, 0.05) is 46.0 Å². The predicted octanol–water partition coefficient (Wildman–Crippen LogP) is 8.05. The smallest absolute Gasteiger partial charge is 0.217 e. The van der Waals surface area contributed by atoms with E-state index in [1.807, 2.05) is 36.5 Å². The first-order valence-electron chi connectivity index (χ1n) is 14.2. The van der Waals surface area contributed by atoms with Crippen molar-refractivity contribution in [1.29, 1.82) is 0 Å². The van der Waals surface area contributed by atoms with E-state index in [1.54, 1.807) is 0 Å². The van der Waals surface area contributed by atoms with Gasteiger partial charge in [-0.1, -0.05) is 68.4 Å². The van der Waals surface area contributed by atoms with Crippen LogP contribution in [-0.2, 0) is 16.6 Å². The number of hydrogen-bond acceptors (Lipinski definition) is 4. The average Bonchev–Trinajstić information content (AvgIpc) is 3.66. The van der Waals surface area contributed by atoms with Crippen LogP contribution in [0.3, 0.4) is 0 Å². The molecule has 4 heterocycles. The molecule has 0 saturated carbocycles. The second kappa shape index (κ2) is 8.07. The Balaban J connectivity index is 1.11. The van der Waals surface area contributed by atoms with Crippen LogP contribution in [0.25, 0.3) is 27.6 Å². The van der Waals surface area contributed by atoms with Crippen molar-refractivity contribution in [3.63, 3.8) is 0 Å². The fraction of sp³-hybridized carbons (Fsp3) is 0.167. The van der Waals surface area contributed by atoms with Crippen LogP contribution in [0.4, 0.5) is 0 Å². The molecule has 5 nitrogen and oxygen atoms in total. The fourth-order valence-corrected chi connectivity index (χ4v) is 7.11. The Morgan fingerprint density at radius 1 is 0.829 bits per heavy atom. The minimum absolute atomic E-state index is 0.0695. The van der Waals surface area contributed by atoms with E-state index in [1.165, 1.54) is 38.5 Å². The Bertz CT molecular complexity index is 2090. The molecule has 5 heteroatoms. The molecular weight excluding hydrogens is 506 g/mol. The highest BCUT2D eigenvalue weighted by molar-refractivity contribution is 6.11. The zero-order valence-corrected chi connectivity index (χ0v) is 22.8. The Hall–Kier alpha value is -4.90. The lowest BCUT2D eigenvalue weighted by Crippen LogP contribution is -2.26. The molecule has 2 aromatic heterocycles. The minimum Gasteiger partial charge on any atom is -0.471 e. The van der Waals surface area contributed by atoms with Gasteiger partial charge in [0.15, 0.2) is 0 Å². The summed E-state index contributed by atoms with van der Waals surface area (Å²) in [5.74, 6) is 3.20. The molecule has 2 atom stereocenters. The number of pyridine rings is 1. The molecule has 9 rings (SSSR count). The molecule has 3 aliphatic rings. The predicted molar refractivity (Wildman–Crippen MR) is 162 cm³/mol. The molecule has 41 heavy (non-hydrogen) atoms. The molecule has 2 aliphatic heterocycles. The Morgan fingerprint density at radius 2 is 1.68 bits per heavy atom. The van der Waals surface area contributed by atoms with Crippen molar-refractivity contribution in [3.8, 4) is 17.3 Å². The molecule has 4 aromatic carbocycles. The SMILES string of the molecule is CC1(C)c2cccnc2-n2c3cc(Oc4cccc(C5=N[C@@H]6c7ccccc7C[C@@H]6O5)c4)ccc3c3cccc1c32. The maximum Gasteiger partial charge on any atom is 0.217 e. The summed E-state index contributed by atoms with van der Waals surface area (Å²) in [6.45, 7) is 4.57. The van der Waals surface area contributed by atoms with E-state index >= 15 is 0 Å². The van der Waals surface area contributed by atoms with Crippen molar-refractivity contribution in [2.24, 2.45) is 4.99 Å². The first-order valence-corrected chi connectivity index (χ1v) is 14.2. The van der Waals surface area contributed by atoms with E-state index < -0.39 is 0 Å². The fourth-order valence-electron chi connectivity index (χ4n) is 7.11. The van der Waals surface area contributed by atoms with Gasteiger partial charge >= 0.3 is 0 Å². The number of rotatable bonds is 3. The van der Waals surface area contributed by atoms with Gasteiger partial charge in [0.2, 0.25) is 5.90 Å². The van der Waals surface area contributed by atoms with Crippen LogP contribution in [0.15, 0.2) is 108 Å². The number of benzene rings is 4. The first kappa shape index (κ1) is 22.9. The van der Waals surface area contributed by atoms with Gasteiger partial charge in [-0.3, -0.25) is 4.57 Å². The quantitative estimate of drug-likeness (QED) is 0.231. The molecule has 0 radical (unpaired) electrons. The van der Waals surface area contributed by atoms with E-state index in [-0.39, 0.29) is 17.6 Å². The van der Waals surface area contributed by atoms with E-state index in [4.69, 9.17) is 19.5 Å². The summed E-state index contributed by atoms with van der Waals surface area (Å²) >= 11 is 0. The number of nitrogens with zero attached hydrogens (tertiary/aromatic N) is 3. The number of aliphatic imine (C=N–C) groups is 1. The van der Waals surface area contributed by atoms with E-state index in [9.17, 15) is 0 Å². The summed E-state index contributed by atoms with van der Waals surface area (Å²) in [6.07, 6.45) is 2.85. The summed E-state index contributed by atoms with van der Waals surface area (Å²) < 4.78 is 15.1. The van der Waals surface area contributed by atoms with Gasteiger partial charge < -0.3 is 9.47 Å². The average molecular weight is 534 g/mol. The first-order chi connectivity index (χ1) is 20.1. The highest BCUT2D eigenvalue weighted by atomic mass is 16.5. The highest BCUT2D eigenvalue weighted by Crippen LogP contribution is 2.47. The molecule has 0 spiro atoms. The van der Waals surface area contributed by atoms with Crippen molar-refractivity contribution < 1.29 is 9.47 Å². The van der Waals surface area contributed by atoms with Crippen LogP contribution >= 0.6 is 0 Å². The molecule has 6 aromatic rings. The second-order valence-electron chi connectivity index (χ2n) is 11.8. The number of fused-ring (bicyclic) bond motifs is 8. The molecule has 0 fully saturated rings. The maximum absolute atomic E-state index is 6.47. The molecule has 0 saturated heterocycles. The van der Waals surface area contributed by atoms with Gasteiger partial charge in [0.25, 0.3) is 0 Å². The largest absolute Gasteiger partial charge is 0.471 e. The van der Waals surface area contributed by atoms with Gasteiger partial charge in [0.1, 0.15) is 29.5 Å². The van der Waals surface area contributed by atoms with Crippen molar-refractivity contribution >= 4 is 27.7 Å². The molecule has 0 unspecified atom stereocenters.